The molecule has 0 aliphatic heterocycles. The standard InChI is InChI=1S/C13H17Cl2NO3/c1-2-4-12(18)16-7-9(17)8-19-11-6-3-5-10(14)13(11)15/h3,5-6,9,17H,2,4,7-8H2,1H3,(H,16,18). The monoisotopic (exact) mass is 305 g/mol. The van der Waals surface area contributed by atoms with Crippen molar-refractivity contribution in [1.82, 2.24) is 5.32 Å². The molecule has 1 atom stereocenters. The van der Waals surface area contributed by atoms with Crippen molar-refractivity contribution >= 4 is 29.1 Å². The van der Waals surface area contributed by atoms with E-state index in [2.05, 4.69) is 5.32 Å². The van der Waals surface area contributed by atoms with Gasteiger partial charge < -0.3 is 15.2 Å². The minimum atomic E-state index is -0.796. The summed E-state index contributed by atoms with van der Waals surface area (Å²) in [7, 11) is 0. The number of hydrogen-bond acceptors (Lipinski definition) is 3. The zero-order chi connectivity index (χ0) is 14.3. The number of benzene rings is 1. The summed E-state index contributed by atoms with van der Waals surface area (Å²) < 4.78 is 5.35. The molecule has 1 aromatic rings. The summed E-state index contributed by atoms with van der Waals surface area (Å²) in [5.74, 6) is 0.329. The van der Waals surface area contributed by atoms with Crippen molar-refractivity contribution in [3.63, 3.8) is 0 Å². The first-order valence-electron chi connectivity index (χ1n) is 6.06. The van der Waals surface area contributed by atoms with Gasteiger partial charge in [-0.05, 0) is 18.6 Å². The van der Waals surface area contributed by atoms with Crippen molar-refractivity contribution in [3.8, 4) is 5.75 Å². The number of aliphatic hydroxyl groups is 1. The van der Waals surface area contributed by atoms with Gasteiger partial charge in [-0.2, -0.15) is 0 Å². The zero-order valence-corrected chi connectivity index (χ0v) is 12.2. The van der Waals surface area contributed by atoms with Crippen LogP contribution < -0.4 is 10.1 Å². The predicted octanol–water partition coefficient (Wildman–Crippen LogP) is 2.65. The van der Waals surface area contributed by atoms with Crippen LogP contribution in [0.25, 0.3) is 0 Å². The van der Waals surface area contributed by atoms with Gasteiger partial charge in [-0.25, -0.2) is 0 Å². The highest BCUT2D eigenvalue weighted by Crippen LogP contribution is 2.31. The van der Waals surface area contributed by atoms with Crippen LogP contribution in [-0.2, 0) is 4.79 Å². The molecule has 1 aromatic carbocycles. The average molecular weight is 306 g/mol. The van der Waals surface area contributed by atoms with Crippen molar-refractivity contribution in [2.24, 2.45) is 0 Å². The Labute approximate surface area is 122 Å². The van der Waals surface area contributed by atoms with Crippen LogP contribution in [0.2, 0.25) is 10.0 Å². The molecule has 1 amide bonds. The van der Waals surface area contributed by atoms with E-state index in [1.165, 1.54) is 0 Å². The SMILES string of the molecule is CCCC(=O)NCC(O)COc1cccc(Cl)c1Cl. The number of nitrogens with one attached hydrogen (secondary N) is 1. The van der Waals surface area contributed by atoms with Gasteiger partial charge in [-0.15, -0.1) is 0 Å². The maximum Gasteiger partial charge on any atom is 0.220 e. The van der Waals surface area contributed by atoms with Gasteiger partial charge in [-0.1, -0.05) is 36.2 Å². The van der Waals surface area contributed by atoms with Gasteiger partial charge in [0, 0.05) is 13.0 Å². The lowest BCUT2D eigenvalue weighted by atomic mass is 10.3. The quantitative estimate of drug-likeness (QED) is 0.814. The summed E-state index contributed by atoms with van der Waals surface area (Å²) in [4.78, 5) is 11.2. The van der Waals surface area contributed by atoms with Gasteiger partial charge in [0.2, 0.25) is 5.91 Å². The highest BCUT2D eigenvalue weighted by Gasteiger charge is 2.10. The number of halogens is 2. The van der Waals surface area contributed by atoms with Crippen LogP contribution in [0.4, 0.5) is 0 Å². The molecule has 0 bridgehead atoms. The Morgan fingerprint density at radius 2 is 2.21 bits per heavy atom. The molecule has 0 aliphatic rings. The lowest BCUT2D eigenvalue weighted by Gasteiger charge is -2.14. The number of aliphatic hydroxyl groups excluding tert-OH is 1. The minimum Gasteiger partial charge on any atom is -0.489 e. The van der Waals surface area contributed by atoms with Crippen LogP contribution in [0.5, 0.6) is 5.75 Å². The molecule has 0 saturated carbocycles. The van der Waals surface area contributed by atoms with Crippen molar-refractivity contribution in [2.75, 3.05) is 13.2 Å². The summed E-state index contributed by atoms with van der Waals surface area (Å²) >= 11 is 11.8. The minimum absolute atomic E-state index is 0.0342. The van der Waals surface area contributed by atoms with Crippen LogP contribution in [0.1, 0.15) is 19.8 Å². The third kappa shape index (κ3) is 5.68. The highest BCUT2D eigenvalue weighted by atomic mass is 35.5. The average Bonchev–Trinajstić information content (AvgIpc) is 2.38. The van der Waals surface area contributed by atoms with E-state index in [1.54, 1.807) is 18.2 Å². The maximum absolute atomic E-state index is 11.2. The lowest BCUT2D eigenvalue weighted by molar-refractivity contribution is -0.121. The van der Waals surface area contributed by atoms with Gasteiger partial charge in [0.1, 0.15) is 23.5 Å². The smallest absolute Gasteiger partial charge is 0.220 e. The van der Waals surface area contributed by atoms with E-state index in [0.717, 1.165) is 6.42 Å². The second kappa shape index (κ2) is 8.25. The highest BCUT2D eigenvalue weighted by molar-refractivity contribution is 6.42. The Morgan fingerprint density at radius 3 is 2.89 bits per heavy atom. The van der Waals surface area contributed by atoms with Crippen LogP contribution in [-0.4, -0.2) is 30.3 Å². The van der Waals surface area contributed by atoms with Gasteiger partial charge >= 0.3 is 0 Å². The van der Waals surface area contributed by atoms with Gasteiger partial charge in [0.25, 0.3) is 0 Å². The van der Waals surface area contributed by atoms with E-state index in [1.807, 2.05) is 6.92 Å². The molecule has 0 aromatic heterocycles. The first-order valence-corrected chi connectivity index (χ1v) is 6.81. The summed E-state index contributed by atoms with van der Waals surface area (Å²) in [6.07, 6.45) is 0.431. The van der Waals surface area contributed by atoms with Crippen LogP contribution in [0.3, 0.4) is 0 Å². The molecule has 6 heteroatoms. The van der Waals surface area contributed by atoms with E-state index in [0.29, 0.717) is 22.2 Å². The molecule has 0 saturated heterocycles. The maximum atomic E-state index is 11.2. The topological polar surface area (TPSA) is 58.6 Å². The van der Waals surface area contributed by atoms with Crippen LogP contribution >= 0.6 is 23.2 Å². The lowest BCUT2D eigenvalue weighted by Crippen LogP contribution is -2.35. The van der Waals surface area contributed by atoms with E-state index in [4.69, 9.17) is 27.9 Å². The van der Waals surface area contributed by atoms with Crippen molar-refractivity contribution < 1.29 is 14.6 Å². The Balaban J connectivity index is 2.36. The Bertz CT molecular complexity index is 426. The number of carbonyl (C=O) groups excluding carboxylic acids is 1. The third-order valence-corrected chi connectivity index (χ3v) is 3.16. The second-order valence-electron chi connectivity index (χ2n) is 4.07. The van der Waals surface area contributed by atoms with Crippen molar-refractivity contribution in [1.29, 1.82) is 0 Å². The summed E-state index contributed by atoms with van der Waals surface area (Å²) in [6, 6.07) is 5.02. The Hall–Kier alpha value is -0.970. The molecule has 1 rings (SSSR count). The number of amides is 1. The molecule has 1 unspecified atom stereocenters. The molecule has 2 N–H and O–H groups in total. The van der Waals surface area contributed by atoms with E-state index < -0.39 is 6.10 Å². The molecule has 0 aliphatic carbocycles. The van der Waals surface area contributed by atoms with Gasteiger partial charge in [-0.3, -0.25) is 4.79 Å². The summed E-state index contributed by atoms with van der Waals surface area (Å²) in [6.45, 7) is 2.10. The molecule has 19 heavy (non-hydrogen) atoms. The van der Waals surface area contributed by atoms with Crippen molar-refractivity contribution in [2.45, 2.75) is 25.9 Å². The Morgan fingerprint density at radius 1 is 1.47 bits per heavy atom. The second-order valence-corrected chi connectivity index (χ2v) is 4.86. The fraction of sp³-hybridized carbons (Fsp3) is 0.462. The number of carbonyl (C=O) groups is 1. The number of rotatable bonds is 7. The fourth-order valence-corrected chi connectivity index (χ4v) is 1.73. The summed E-state index contributed by atoms with van der Waals surface area (Å²) in [5, 5.41) is 13.0. The van der Waals surface area contributed by atoms with E-state index in [9.17, 15) is 9.90 Å². The molecule has 106 valence electrons. The molecule has 0 radical (unpaired) electrons. The molecule has 0 spiro atoms. The molecule has 0 heterocycles. The largest absolute Gasteiger partial charge is 0.489 e. The van der Waals surface area contributed by atoms with Gasteiger partial charge in [0.15, 0.2) is 0 Å². The first-order chi connectivity index (χ1) is 9.04. The molecule has 4 nitrogen and oxygen atoms in total. The third-order valence-electron chi connectivity index (χ3n) is 2.36. The Kier molecular flexibility index (Phi) is 6.99. The van der Waals surface area contributed by atoms with Crippen LogP contribution in [0, 0.1) is 0 Å². The van der Waals surface area contributed by atoms with E-state index >= 15 is 0 Å². The number of ether oxygens (including phenoxy) is 1. The normalized spacial score (nSPS) is 12.0. The molecular weight excluding hydrogens is 289 g/mol. The predicted molar refractivity (Wildman–Crippen MR) is 75.9 cm³/mol. The van der Waals surface area contributed by atoms with Gasteiger partial charge in [0.05, 0.1) is 5.02 Å². The summed E-state index contributed by atoms with van der Waals surface area (Å²) in [5.41, 5.74) is 0. The number of hydrogen-bond donors (Lipinski definition) is 2. The van der Waals surface area contributed by atoms with E-state index in [-0.39, 0.29) is 19.1 Å². The zero-order valence-electron chi connectivity index (χ0n) is 10.7. The fourth-order valence-electron chi connectivity index (χ4n) is 1.39. The molecule has 0 fully saturated rings. The molecular formula is C13H17Cl2NO3. The van der Waals surface area contributed by atoms with Crippen LogP contribution in [0.15, 0.2) is 18.2 Å². The van der Waals surface area contributed by atoms with Crippen molar-refractivity contribution in [3.05, 3.63) is 28.2 Å². The first kappa shape index (κ1) is 16.1.